The van der Waals surface area contributed by atoms with Crippen LogP contribution in [0.2, 0.25) is 0 Å². The Morgan fingerprint density at radius 3 is 2.57 bits per heavy atom. The van der Waals surface area contributed by atoms with Gasteiger partial charge in [0.15, 0.2) is 0 Å². The van der Waals surface area contributed by atoms with E-state index in [4.69, 9.17) is 4.74 Å². The van der Waals surface area contributed by atoms with Crippen molar-refractivity contribution in [3.63, 3.8) is 0 Å². The van der Waals surface area contributed by atoms with E-state index < -0.39 is 0 Å². The number of ether oxygens (including phenoxy) is 1. The van der Waals surface area contributed by atoms with E-state index in [0.717, 1.165) is 26.2 Å². The second-order valence-corrected chi connectivity index (χ2v) is 6.49. The summed E-state index contributed by atoms with van der Waals surface area (Å²) in [7, 11) is 0. The lowest BCUT2D eigenvalue weighted by Crippen LogP contribution is -2.49. The van der Waals surface area contributed by atoms with Gasteiger partial charge in [0.1, 0.15) is 0 Å². The Morgan fingerprint density at radius 1 is 1.17 bits per heavy atom. The lowest BCUT2D eigenvalue weighted by molar-refractivity contribution is -0.139. The molecule has 1 saturated heterocycles. The second-order valence-electron chi connectivity index (χ2n) is 5.50. The summed E-state index contributed by atoms with van der Waals surface area (Å²) < 4.78 is 4.85. The van der Waals surface area contributed by atoms with Crippen molar-refractivity contribution in [2.45, 2.75) is 13.8 Å². The molecule has 1 amide bonds. The van der Waals surface area contributed by atoms with Gasteiger partial charge in [-0.1, -0.05) is 12.1 Å². The minimum absolute atomic E-state index is 0.100. The normalized spacial score (nSPS) is 14.7. The lowest BCUT2D eigenvalue weighted by Gasteiger charge is -2.36. The highest BCUT2D eigenvalue weighted by Gasteiger charge is 2.21. The quantitative estimate of drug-likeness (QED) is 0.743. The Kier molecular flexibility index (Phi) is 6.77. The summed E-state index contributed by atoms with van der Waals surface area (Å²) in [6.07, 6.45) is 0. The van der Waals surface area contributed by atoms with Crippen molar-refractivity contribution in [2.75, 3.05) is 49.2 Å². The summed E-state index contributed by atoms with van der Waals surface area (Å²) in [6, 6.07) is 8.44. The Bertz CT molecular complexity index is 542. The van der Waals surface area contributed by atoms with Crippen LogP contribution in [-0.4, -0.2) is 61.1 Å². The van der Waals surface area contributed by atoms with Crippen molar-refractivity contribution in [1.82, 2.24) is 4.90 Å². The van der Waals surface area contributed by atoms with Gasteiger partial charge < -0.3 is 14.5 Å². The van der Waals surface area contributed by atoms with Crippen molar-refractivity contribution in [3.05, 3.63) is 29.8 Å². The summed E-state index contributed by atoms with van der Waals surface area (Å²) >= 11 is 1.32. The molecule has 0 N–H and O–H groups in total. The van der Waals surface area contributed by atoms with E-state index in [-0.39, 0.29) is 17.6 Å². The zero-order valence-electron chi connectivity index (χ0n) is 13.8. The second kappa shape index (κ2) is 8.82. The van der Waals surface area contributed by atoms with Crippen LogP contribution in [0.3, 0.4) is 0 Å². The lowest BCUT2D eigenvalue weighted by atomic mass is 10.2. The molecule has 1 aromatic rings. The van der Waals surface area contributed by atoms with Gasteiger partial charge in [0.25, 0.3) is 0 Å². The summed E-state index contributed by atoms with van der Waals surface area (Å²) in [5, 5.41) is 0. The maximum Gasteiger partial charge on any atom is 0.315 e. The fourth-order valence-electron chi connectivity index (χ4n) is 2.55. The van der Waals surface area contributed by atoms with E-state index in [1.807, 2.05) is 4.90 Å². The Hall–Kier alpha value is -1.69. The first kappa shape index (κ1) is 17.7. The average molecular weight is 336 g/mol. The minimum atomic E-state index is -0.255. The number of thioether (sulfide) groups is 1. The van der Waals surface area contributed by atoms with Gasteiger partial charge >= 0.3 is 5.97 Å². The minimum Gasteiger partial charge on any atom is -0.465 e. The molecule has 1 heterocycles. The number of carbonyl (C=O) groups excluding carboxylic acids is 2. The fourth-order valence-corrected chi connectivity index (χ4v) is 3.26. The summed E-state index contributed by atoms with van der Waals surface area (Å²) in [5.74, 6) is 0.421. The number of hydrogen-bond acceptors (Lipinski definition) is 5. The van der Waals surface area contributed by atoms with E-state index in [9.17, 15) is 9.59 Å². The van der Waals surface area contributed by atoms with Crippen molar-refractivity contribution >= 4 is 29.3 Å². The molecular formula is C17H24N2O3S. The number of amides is 1. The fraction of sp³-hybridized carbons (Fsp3) is 0.529. The number of nitrogens with zero attached hydrogens (tertiary/aromatic N) is 2. The first-order chi connectivity index (χ1) is 11.1. The molecule has 0 saturated carbocycles. The standard InChI is InChI=1S/C17H24N2O3S/c1-3-22-17(21)13-23-12-16(20)19-9-7-18(8-10-19)15-6-4-5-14(2)11-15/h4-6,11H,3,7-10,12-13H2,1-2H3. The molecule has 5 nitrogen and oxygen atoms in total. The third-order valence-corrected chi connectivity index (χ3v) is 4.64. The number of esters is 1. The van der Waals surface area contributed by atoms with E-state index in [1.165, 1.54) is 23.0 Å². The first-order valence-electron chi connectivity index (χ1n) is 7.93. The number of rotatable bonds is 6. The molecule has 1 aliphatic heterocycles. The van der Waals surface area contributed by atoms with E-state index in [2.05, 4.69) is 36.1 Å². The zero-order valence-corrected chi connectivity index (χ0v) is 14.6. The van der Waals surface area contributed by atoms with Gasteiger partial charge in [0.2, 0.25) is 5.91 Å². The van der Waals surface area contributed by atoms with Crippen LogP contribution in [0.15, 0.2) is 24.3 Å². The number of anilines is 1. The molecule has 0 unspecified atom stereocenters. The predicted molar refractivity (Wildman–Crippen MR) is 93.9 cm³/mol. The Labute approximate surface area is 142 Å². The number of carbonyl (C=O) groups is 2. The molecule has 6 heteroatoms. The molecule has 0 aromatic heterocycles. The van der Waals surface area contributed by atoms with Crippen LogP contribution in [0.1, 0.15) is 12.5 Å². The molecule has 1 fully saturated rings. The highest BCUT2D eigenvalue weighted by atomic mass is 32.2. The van der Waals surface area contributed by atoms with E-state index in [1.54, 1.807) is 6.92 Å². The molecule has 0 bridgehead atoms. The van der Waals surface area contributed by atoms with Crippen LogP contribution in [0, 0.1) is 6.92 Å². The highest BCUT2D eigenvalue weighted by Crippen LogP contribution is 2.18. The molecule has 126 valence electrons. The van der Waals surface area contributed by atoms with Crippen LogP contribution in [0.4, 0.5) is 5.69 Å². The zero-order chi connectivity index (χ0) is 16.7. The van der Waals surface area contributed by atoms with Crippen LogP contribution in [0.5, 0.6) is 0 Å². The van der Waals surface area contributed by atoms with Crippen molar-refractivity contribution in [1.29, 1.82) is 0 Å². The SMILES string of the molecule is CCOC(=O)CSCC(=O)N1CCN(c2cccc(C)c2)CC1. The molecular weight excluding hydrogens is 312 g/mol. The average Bonchev–Trinajstić information content (AvgIpc) is 2.55. The summed E-state index contributed by atoms with van der Waals surface area (Å²) in [4.78, 5) is 27.6. The topological polar surface area (TPSA) is 49.9 Å². The van der Waals surface area contributed by atoms with Gasteiger partial charge in [-0.15, -0.1) is 11.8 Å². The maximum atomic E-state index is 12.2. The van der Waals surface area contributed by atoms with Crippen molar-refractivity contribution in [2.24, 2.45) is 0 Å². The monoisotopic (exact) mass is 336 g/mol. The largest absolute Gasteiger partial charge is 0.465 e. The first-order valence-corrected chi connectivity index (χ1v) is 9.08. The third kappa shape index (κ3) is 5.46. The predicted octanol–water partition coefficient (Wildman–Crippen LogP) is 1.94. The van der Waals surface area contributed by atoms with Gasteiger partial charge in [-0.3, -0.25) is 9.59 Å². The van der Waals surface area contributed by atoms with Crippen LogP contribution in [-0.2, 0) is 14.3 Å². The van der Waals surface area contributed by atoms with Gasteiger partial charge in [0, 0.05) is 31.9 Å². The molecule has 1 aromatic carbocycles. The molecule has 0 atom stereocenters. The van der Waals surface area contributed by atoms with Crippen LogP contribution >= 0.6 is 11.8 Å². The number of aryl methyl sites for hydroxylation is 1. The number of piperazine rings is 1. The summed E-state index contributed by atoms with van der Waals surface area (Å²) in [5.41, 5.74) is 2.46. The molecule has 2 rings (SSSR count). The Morgan fingerprint density at radius 2 is 1.91 bits per heavy atom. The van der Waals surface area contributed by atoms with Gasteiger partial charge in [-0.25, -0.2) is 0 Å². The maximum absolute atomic E-state index is 12.2. The molecule has 0 spiro atoms. The molecule has 0 radical (unpaired) electrons. The number of hydrogen-bond donors (Lipinski definition) is 0. The van der Waals surface area contributed by atoms with Crippen molar-refractivity contribution in [3.8, 4) is 0 Å². The van der Waals surface area contributed by atoms with Crippen LogP contribution < -0.4 is 4.90 Å². The molecule has 0 aliphatic carbocycles. The highest BCUT2D eigenvalue weighted by molar-refractivity contribution is 8.00. The van der Waals surface area contributed by atoms with Gasteiger partial charge in [-0.2, -0.15) is 0 Å². The van der Waals surface area contributed by atoms with E-state index >= 15 is 0 Å². The van der Waals surface area contributed by atoms with Crippen LogP contribution in [0.25, 0.3) is 0 Å². The molecule has 1 aliphatic rings. The molecule has 23 heavy (non-hydrogen) atoms. The smallest absolute Gasteiger partial charge is 0.315 e. The number of benzene rings is 1. The van der Waals surface area contributed by atoms with Crippen molar-refractivity contribution < 1.29 is 14.3 Å². The van der Waals surface area contributed by atoms with Gasteiger partial charge in [0.05, 0.1) is 18.1 Å². The van der Waals surface area contributed by atoms with Gasteiger partial charge in [-0.05, 0) is 31.5 Å². The van der Waals surface area contributed by atoms with E-state index in [0.29, 0.717) is 12.4 Å². The summed E-state index contributed by atoms with van der Waals surface area (Å²) in [6.45, 7) is 7.40. The Balaban J connectivity index is 1.73. The third-order valence-electron chi connectivity index (χ3n) is 3.75.